The lowest BCUT2D eigenvalue weighted by Gasteiger charge is -2.20. The summed E-state index contributed by atoms with van der Waals surface area (Å²) in [5.41, 5.74) is 3.07. The molecule has 3 rings (SSSR count). The Bertz CT molecular complexity index is 868. The highest BCUT2D eigenvalue weighted by atomic mass is 32.2. The first-order chi connectivity index (χ1) is 10.8. The number of hydrogen-bond acceptors (Lipinski definition) is 3. The van der Waals surface area contributed by atoms with Crippen LogP contribution in [-0.4, -0.2) is 42.9 Å². The molecule has 1 aromatic heterocycles. The largest absolute Gasteiger partial charge is 0.481 e. The van der Waals surface area contributed by atoms with Gasteiger partial charge in [0.2, 0.25) is 10.0 Å². The van der Waals surface area contributed by atoms with E-state index in [1.165, 1.54) is 18.4 Å². The van der Waals surface area contributed by atoms with Gasteiger partial charge in [-0.25, -0.2) is 12.7 Å². The van der Waals surface area contributed by atoms with Gasteiger partial charge in [0.15, 0.2) is 0 Å². The Labute approximate surface area is 135 Å². The monoisotopic (exact) mass is 336 g/mol. The Morgan fingerprint density at radius 1 is 1.39 bits per heavy atom. The first kappa shape index (κ1) is 16.0. The van der Waals surface area contributed by atoms with Crippen molar-refractivity contribution in [3.63, 3.8) is 0 Å². The summed E-state index contributed by atoms with van der Waals surface area (Å²) in [6.45, 7) is 0. The van der Waals surface area contributed by atoms with Gasteiger partial charge in [-0.1, -0.05) is 0 Å². The average Bonchev–Trinajstić information content (AvgIpc) is 2.82. The third-order valence-electron chi connectivity index (χ3n) is 4.50. The molecule has 0 fully saturated rings. The molecule has 1 heterocycles. The summed E-state index contributed by atoms with van der Waals surface area (Å²) in [6, 6.07) is 5.11. The third kappa shape index (κ3) is 2.86. The molecule has 124 valence electrons. The zero-order chi connectivity index (χ0) is 16.8. The van der Waals surface area contributed by atoms with E-state index < -0.39 is 16.0 Å². The highest BCUT2D eigenvalue weighted by Crippen LogP contribution is 2.34. The van der Waals surface area contributed by atoms with Crippen molar-refractivity contribution in [1.82, 2.24) is 9.29 Å². The summed E-state index contributed by atoms with van der Waals surface area (Å²) in [5, 5.41) is 9.88. The fraction of sp³-hybridized carbons (Fsp3) is 0.438. The molecule has 7 heteroatoms. The van der Waals surface area contributed by atoms with Crippen LogP contribution in [0.2, 0.25) is 0 Å². The Morgan fingerprint density at radius 3 is 2.78 bits per heavy atom. The number of nitrogens with one attached hydrogen (secondary N) is 1. The van der Waals surface area contributed by atoms with Crippen LogP contribution in [0.15, 0.2) is 23.1 Å². The predicted molar refractivity (Wildman–Crippen MR) is 86.9 cm³/mol. The molecule has 2 aromatic rings. The molecule has 2 N–H and O–H groups in total. The summed E-state index contributed by atoms with van der Waals surface area (Å²) in [5.74, 6) is -0.632. The van der Waals surface area contributed by atoms with Crippen molar-refractivity contribution in [2.24, 2.45) is 5.92 Å². The standard InChI is InChI=1S/C16H20N2O4S/c1-18(2)23(21,22)11-4-6-14-13(9-11)12-5-3-10(8-16(19)20)7-15(12)17-14/h4,6,9-10,17H,3,5,7-8H2,1-2H3,(H,19,20). The number of rotatable bonds is 4. The lowest BCUT2D eigenvalue weighted by Crippen LogP contribution is -2.22. The predicted octanol–water partition coefficient (Wildman–Crippen LogP) is 2.00. The van der Waals surface area contributed by atoms with Crippen molar-refractivity contribution >= 4 is 26.9 Å². The van der Waals surface area contributed by atoms with Gasteiger partial charge in [0.1, 0.15) is 0 Å². The quantitative estimate of drug-likeness (QED) is 0.893. The number of fused-ring (bicyclic) bond motifs is 3. The van der Waals surface area contributed by atoms with Crippen LogP contribution in [0, 0.1) is 5.92 Å². The number of aliphatic carboxylic acids is 1. The SMILES string of the molecule is CN(C)S(=O)(=O)c1ccc2[nH]c3c(c2c1)CCC(CC(=O)O)C3. The topological polar surface area (TPSA) is 90.5 Å². The molecule has 1 aliphatic rings. The van der Waals surface area contributed by atoms with E-state index in [1.807, 2.05) is 0 Å². The van der Waals surface area contributed by atoms with Crippen molar-refractivity contribution in [2.45, 2.75) is 30.6 Å². The number of sulfonamides is 1. The summed E-state index contributed by atoms with van der Waals surface area (Å²) in [6.07, 6.45) is 2.47. The fourth-order valence-electron chi connectivity index (χ4n) is 3.27. The maximum Gasteiger partial charge on any atom is 0.303 e. The van der Waals surface area contributed by atoms with Gasteiger partial charge in [-0.15, -0.1) is 0 Å². The zero-order valence-corrected chi connectivity index (χ0v) is 14.0. The van der Waals surface area contributed by atoms with Crippen molar-refractivity contribution in [3.05, 3.63) is 29.5 Å². The van der Waals surface area contributed by atoms with Crippen LogP contribution < -0.4 is 0 Å². The number of benzene rings is 1. The summed E-state index contributed by atoms with van der Waals surface area (Å²) in [4.78, 5) is 14.5. The number of aromatic nitrogens is 1. The second-order valence-electron chi connectivity index (χ2n) is 6.28. The van der Waals surface area contributed by atoms with Gasteiger partial charge < -0.3 is 10.1 Å². The van der Waals surface area contributed by atoms with Gasteiger partial charge in [-0.3, -0.25) is 4.79 Å². The minimum atomic E-state index is -3.46. The summed E-state index contributed by atoms with van der Waals surface area (Å²) >= 11 is 0. The lowest BCUT2D eigenvalue weighted by atomic mass is 9.85. The minimum Gasteiger partial charge on any atom is -0.481 e. The van der Waals surface area contributed by atoms with Gasteiger partial charge >= 0.3 is 5.97 Å². The van der Waals surface area contributed by atoms with E-state index in [4.69, 9.17) is 5.11 Å². The number of aryl methyl sites for hydroxylation is 1. The number of aromatic amines is 1. The van der Waals surface area contributed by atoms with E-state index in [9.17, 15) is 13.2 Å². The molecule has 0 saturated heterocycles. The molecular weight excluding hydrogens is 316 g/mol. The molecule has 0 spiro atoms. The van der Waals surface area contributed by atoms with E-state index in [1.54, 1.807) is 18.2 Å². The van der Waals surface area contributed by atoms with E-state index in [2.05, 4.69) is 4.98 Å². The minimum absolute atomic E-state index is 0.137. The second kappa shape index (κ2) is 5.65. The Kier molecular flexibility index (Phi) is 3.93. The van der Waals surface area contributed by atoms with E-state index in [0.717, 1.165) is 35.0 Å². The van der Waals surface area contributed by atoms with Crippen molar-refractivity contribution in [2.75, 3.05) is 14.1 Å². The zero-order valence-electron chi connectivity index (χ0n) is 13.2. The maximum absolute atomic E-state index is 12.3. The molecule has 0 radical (unpaired) electrons. The first-order valence-corrected chi connectivity index (χ1v) is 9.01. The number of carboxylic acids is 1. The van der Waals surface area contributed by atoms with E-state index >= 15 is 0 Å². The molecule has 6 nitrogen and oxygen atoms in total. The molecule has 1 atom stereocenters. The van der Waals surface area contributed by atoms with Gasteiger partial charge in [0.25, 0.3) is 0 Å². The van der Waals surface area contributed by atoms with Gasteiger partial charge in [0.05, 0.1) is 4.90 Å². The highest BCUT2D eigenvalue weighted by Gasteiger charge is 2.25. The Hall–Kier alpha value is -1.86. The average molecular weight is 336 g/mol. The molecule has 0 bridgehead atoms. The van der Waals surface area contributed by atoms with Crippen LogP contribution in [0.3, 0.4) is 0 Å². The van der Waals surface area contributed by atoms with Crippen LogP contribution in [-0.2, 0) is 27.7 Å². The molecule has 1 aliphatic carbocycles. The van der Waals surface area contributed by atoms with Crippen LogP contribution in [0.1, 0.15) is 24.1 Å². The molecular formula is C16H20N2O4S. The molecule has 0 saturated carbocycles. The Balaban J connectivity index is 2.01. The number of hydrogen-bond donors (Lipinski definition) is 2. The van der Waals surface area contributed by atoms with Gasteiger partial charge in [0, 0.05) is 37.1 Å². The van der Waals surface area contributed by atoms with E-state index in [-0.39, 0.29) is 17.2 Å². The molecule has 23 heavy (non-hydrogen) atoms. The van der Waals surface area contributed by atoms with Crippen LogP contribution in [0.25, 0.3) is 10.9 Å². The maximum atomic E-state index is 12.3. The Morgan fingerprint density at radius 2 is 2.13 bits per heavy atom. The molecule has 0 amide bonds. The van der Waals surface area contributed by atoms with E-state index in [0.29, 0.717) is 6.42 Å². The lowest BCUT2D eigenvalue weighted by molar-refractivity contribution is -0.138. The highest BCUT2D eigenvalue weighted by molar-refractivity contribution is 7.89. The molecule has 0 aliphatic heterocycles. The number of H-pyrrole nitrogens is 1. The molecule has 1 unspecified atom stereocenters. The second-order valence-corrected chi connectivity index (χ2v) is 8.44. The number of carbonyl (C=O) groups is 1. The number of carboxylic acid groups (broad SMARTS) is 1. The summed E-state index contributed by atoms with van der Waals surface area (Å²) < 4.78 is 25.8. The molecule has 1 aromatic carbocycles. The smallest absolute Gasteiger partial charge is 0.303 e. The van der Waals surface area contributed by atoms with Crippen LogP contribution >= 0.6 is 0 Å². The summed E-state index contributed by atoms with van der Waals surface area (Å²) in [7, 11) is -0.425. The van der Waals surface area contributed by atoms with Crippen molar-refractivity contribution < 1.29 is 18.3 Å². The van der Waals surface area contributed by atoms with Crippen molar-refractivity contribution in [3.8, 4) is 0 Å². The van der Waals surface area contributed by atoms with Crippen molar-refractivity contribution in [1.29, 1.82) is 0 Å². The fourth-order valence-corrected chi connectivity index (χ4v) is 4.20. The van der Waals surface area contributed by atoms with Gasteiger partial charge in [-0.05, 0) is 48.9 Å². The first-order valence-electron chi connectivity index (χ1n) is 7.57. The normalized spacial score (nSPS) is 18.3. The third-order valence-corrected chi connectivity index (χ3v) is 6.31. The van der Waals surface area contributed by atoms with Crippen LogP contribution in [0.5, 0.6) is 0 Å². The number of nitrogens with zero attached hydrogens (tertiary/aromatic N) is 1. The van der Waals surface area contributed by atoms with Crippen LogP contribution in [0.4, 0.5) is 0 Å². The van der Waals surface area contributed by atoms with Gasteiger partial charge in [-0.2, -0.15) is 0 Å².